The molecule has 0 N–H and O–H groups in total. The van der Waals surface area contributed by atoms with Crippen LogP contribution >= 0.6 is 61.5 Å². The van der Waals surface area contributed by atoms with Crippen molar-refractivity contribution in [2.45, 2.75) is 26.5 Å². The number of hydrogen-bond donors (Lipinski definition) is 0. The van der Waals surface area contributed by atoms with E-state index in [-0.39, 0.29) is 24.3 Å². The highest BCUT2D eigenvalue weighted by Crippen LogP contribution is 2.33. The number of ether oxygens (including phenoxy) is 2. The number of thiazole rings is 1. The Morgan fingerprint density at radius 2 is 1.95 bits per heavy atom. The monoisotopic (exact) mass is 766 g/mol. The number of benzene rings is 3. The van der Waals surface area contributed by atoms with E-state index in [1.54, 1.807) is 38.1 Å². The van der Waals surface area contributed by atoms with Crippen LogP contribution < -0.4 is 19.6 Å². The molecular weight excluding hydrogens is 746 g/mol. The van der Waals surface area contributed by atoms with E-state index in [0.29, 0.717) is 36.9 Å². The van der Waals surface area contributed by atoms with E-state index in [1.807, 2.05) is 30.3 Å². The van der Waals surface area contributed by atoms with E-state index in [9.17, 15) is 14.0 Å². The lowest BCUT2D eigenvalue weighted by Gasteiger charge is -2.24. The fourth-order valence-corrected chi connectivity index (χ4v) is 7.43. The highest BCUT2D eigenvalue weighted by Gasteiger charge is 2.33. The molecule has 0 radical (unpaired) electrons. The van der Waals surface area contributed by atoms with Gasteiger partial charge in [0.15, 0.2) is 4.80 Å². The van der Waals surface area contributed by atoms with E-state index >= 15 is 0 Å². The Balaban J connectivity index is 1.65. The Hall–Kier alpha value is -2.80. The van der Waals surface area contributed by atoms with E-state index in [0.717, 1.165) is 13.6 Å². The predicted molar refractivity (Wildman–Crippen MR) is 169 cm³/mol. The predicted octanol–water partition coefficient (Wildman–Crippen LogP) is 6.54. The van der Waals surface area contributed by atoms with E-state index in [1.165, 1.54) is 28.0 Å². The molecule has 41 heavy (non-hydrogen) atoms. The first-order valence-corrected chi connectivity index (χ1v) is 15.5. The molecule has 0 amide bonds. The first-order chi connectivity index (χ1) is 19.7. The van der Waals surface area contributed by atoms with Gasteiger partial charge in [-0.3, -0.25) is 9.36 Å². The Bertz CT molecular complexity index is 1870. The van der Waals surface area contributed by atoms with Gasteiger partial charge in [0, 0.05) is 20.6 Å². The van der Waals surface area contributed by atoms with E-state index < -0.39 is 17.8 Å². The Kier molecular flexibility index (Phi) is 9.12. The average molecular weight is 768 g/mol. The Labute approximate surface area is 266 Å². The summed E-state index contributed by atoms with van der Waals surface area (Å²) in [6.07, 6.45) is 1.75. The van der Waals surface area contributed by atoms with Crippen LogP contribution in [-0.4, -0.2) is 17.1 Å². The summed E-state index contributed by atoms with van der Waals surface area (Å²) in [5.74, 6) is -0.402. The van der Waals surface area contributed by atoms with Crippen LogP contribution in [0.3, 0.4) is 0 Å². The third-order valence-corrected chi connectivity index (χ3v) is 8.97. The van der Waals surface area contributed by atoms with Crippen molar-refractivity contribution in [1.29, 1.82) is 0 Å². The number of aromatic nitrogens is 1. The molecular formula is C30H22BrClFIN2O4S. The van der Waals surface area contributed by atoms with Crippen molar-refractivity contribution in [2.24, 2.45) is 4.99 Å². The van der Waals surface area contributed by atoms with Gasteiger partial charge in [0.1, 0.15) is 18.2 Å². The van der Waals surface area contributed by atoms with Crippen molar-refractivity contribution >= 4 is 73.5 Å². The molecule has 0 bridgehead atoms. The number of carbonyl (C=O) groups excluding carboxylic acids is 1. The third-order valence-electron chi connectivity index (χ3n) is 6.36. The van der Waals surface area contributed by atoms with Crippen LogP contribution in [0.4, 0.5) is 4.39 Å². The lowest BCUT2D eigenvalue weighted by atomic mass is 9.96. The van der Waals surface area contributed by atoms with Crippen molar-refractivity contribution in [3.05, 3.63) is 127 Å². The number of fused-ring (bicyclic) bond motifs is 1. The summed E-state index contributed by atoms with van der Waals surface area (Å²) >= 11 is 13.3. The number of carbonyl (C=O) groups is 1. The maximum absolute atomic E-state index is 14.0. The molecule has 2 heterocycles. The Morgan fingerprint density at radius 3 is 2.66 bits per heavy atom. The van der Waals surface area contributed by atoms with E-state index in [2.05, 4.69) is 43.5 Å². The first-order valence-electron chi connectivity index (χ1n) is 12.5. The van der Waals surface area contributed by atoms with Crippen molar-refractivity contribution in [2.75, 3.05) is 6.61 Å². The second-order valence-corrected chi connectivity index (χ2v) is 12.5. The van der Waals surface area contributed by atoms with Gasteiger partial charge >= 0.3 is 5.97 Å². The summed E-state index contributed by atoms with van der Waals surface area (Å²) < 4.78 is 28.9. The molecule has 4 aromatic rings. The molecule has 5 rings (SSSR count). The van der Waals surface area contributed by atoms with Crippen LogP contribution in [0.5, 0.6) is 5.75 Å². The Morgan fingerprint density at radius 1 is 1.22 bits per heavy atom. The van der Waals surface area contributed by atoms with Crippen LogP contribution in [0.2, 0.25) is 5.02 Å². The fraction of sp³-hybridized carbons (Fsp3) is 0.167. The molecule has 210 valence electrons. The lowest BCUT2D eigenvalue weighted by molar-refractivity contribution is -0.139. The molecule has 0 aliphatic carbocycles. The number of rotatable bonds is 7. The van der Waals surface area contributed by atoms with Crippen molar-refractivity contribution in [3.8, 4) is 5.75 Å². The van der Waals surface area contributed by atoms with Crippen molar-refractivity contribution in [3.63, 3.8) is 0 Å². The summed E-state index contributed by atoms with van der Waals surface area (Å²) in [6, 6.07) is 16.1. The molecule has 0 saturated carbocycles. The molecule has 1 aliphatic rings. The van der Waals surface area contributed by atoms with Gasteiger partial charge in [-0.2, -0.15) is 0 Å². The fourth-order valence-electron chi connectivity index (χ4n) is 4.50. The molecule has 11 heteroatoms. The highest BCUT2D eigenvalue weighted by atomic mass is 127. The molecule has 1 aromatic heterocycles. The summed E-state index contributed by atoms with van der Waals surface area (Å²) in [4.78, 5) is 32.0. The second kappa shape index (κ2) is 12.6. The summed E-state index contributed by atoms with van der Waals surface area (Å²) in [7, 11) is 0. The molecule has 0 fully saturated rings. The SMILES string of the molecule is CCOC(=O)C1=C(C)N=c2s/c(=C\c3cc(Br)cc(I)c3OCc3ccccc3Cl)c(=O)n2[C@@H]1c1ccc(F)cc1. The highest BCUT2D eigenvalue weighted by molar-refractivity contribution is 14.1. The lowest BCUT2D eigenvalue weighted by Crippen LogP contribution is -2.39. The number of allylic oxidation sites excluding steroid dienone is 1. The quantitative estimate of drug-likeness (QED) is 0.158. The summed E-state index contributed by atoms with van der Waals surface area (Å²) in [5, 5.41) is 0.600. The van der Waals surface area contributed by atoms with Crippen LogP contribution in [0.25, 0.3) is 6.08 Å². The molecule has 1 aliphatic heterocycles. The molecule has 0 saturated heterocycles. The second-order valence-electron chi connectivity index (χ2n) is 9.04. The van der Waals surface area contributed by atoms with Gasteiger partial charge < -0.3 is 9.47 Å². The smallest absolute Gasteiger partial charge is 0.338 e. The average Bonchev–Trinajstić information content (AvgIpc) is 3.23. The van der Waals surface area contributed by atoms with Crippen LogP contribution in [-0.2, 0) is 16.1 Å². The molecule has 0 unspecified atom stereocenters. The standard InChI is InChI=1S/C30H22BrClFIN2O4S/c1-3-39-29(38)25-16(2)35-30-36(26(25)17-8-10-21(33)11-9-17)28(37)24(41-30)13-19-12-20(31)14-23(34)27(19)40-15-18-6-4-5-7-22(18)32/h4-14,26H,3,15H2,1-2H3/b24-13-/t26-/m1/s1. The van der Waals surface area contributed by atoms with Gasteiger partial charge in [-0.1, -0.05) is 69.2 Å². The largest absolute Gasteiger partial charge is 0.487 e. The van der Waals surface area contributed by atoms with Crippen LogP contribution in [0.1, 0.15) is 36.6 Å². The number of nitrogens with zero attached hydrogens (tertiary/aromatic N) is 2. The van der Waals surface area contributed by atoms with Crippen molar-refractivity contribution in [1.82, 2.24) is 4.57 Å². The zero-order valence-electron chi connectivity index (χ0n) is 21.8. The summed E-state index contributed by atoms with van der Waals surface area (Å²) in [5.41, 5.74) is 2.41. The number of halogens is 4. The third kappa shape index (κ3) is 6.20. The van der Waals surface area contributed by atoms with Gasteiger partial charge in [-0.25, -0.2) is 14.2 Å². The van der Waals surface area contributed by atoms with Crippen LogP contribution in [0.15, 0.2) is 86.2 Å². The van der Waals surface area contributed by atoms with Gasteiger partial charge in [-0.15, -0.1) is 0 Å². The molecule has 6 nitrogen and oxygen atoms in total. The first kappa shape index (κ1) is 29.7. The maximum Gasteiger partial charge on any atom is 0.338 e. The van der Waals surface area contributed by atoms with Gasteiger partial charge in [0.25, 0.3) is 5.56 Å². The normalized spacial score (nSPS) is 15.0. The zero-order chi connectivity index (χ0) is 29.3. The molecule has 1 atom stereocenters. The topological polar surface area (TPSA) is 69.9 Å². The summed E-state index contributed by atoms with van der Waals surface area (Å²) in [6.45, 7) is 3.82. The van der Waals surface area contributed by atoms with E-state index in [4.69, 9.17) is 21.1 Å². The van der Waals surface area contributed by atoms with Crippen molar-refractivity contribution < 1.29 is 18.7 Å². The minimum atomic E-state index is -0.827. The maximum atomic E-state index is 14.0. The number of hydrogen-bond acceptors (Lipinski definition) is 6. The van der Waals surface area contributed by atoms with Gasteiger partial charge in [0.05, 0.1) is 32.0 Å². The molecule has 0 spiro atoms. The van der Waals surface area contributed by atoms with Gasteiger partial charge in [0.2, 0.25) is 0 Å². The van der Waals surface area contributed by atoms with Crippen LogP contribution in [0, 0.1) is 9.39 Å². The molecule has 3 aromatic carbocycles. The zero-order valence-corrected chi connectivity index (χ0v) is 27.1. The van der Waals surface area contributed by atoms with Gasteiger partial charge in [-0.05, 0) is 78.4 Å². The minimum Gasteiger partial charge on any atom is -0.487 e. The minimum absolute atomic E-state index is 0.161. The number of esters is 1.